The Labute approximate surface area is 180 Å². The molecular weight excluding hydrogens is 429 g/mol. The number of rotatable bonds is 5. The number of carbonyl (C=O) groups is 1. The minimum absolute atomic E-state index is 0.143. The lowest BCUT2D eigenvalue weighted by Gasteiger charge is -2.34. The van der Waals surface area contributed by atoms with Gasteiger partial charge in [-0.25, -0.2) is 8.42 Å². The van der Waals surface area contributed by atoms with Crippen LogP contribution in [0.5, 0.6) is 0 Å². The number of halogens is 3. The minimum atomic E-state index is -4.47. The van der Waals surface area contributed by atoms with E-state index in [2.05, 4.69) is 5.32 Å². The molecule has 1 saturated heterocycles. The van der Waals surface area contributed by atoms with E-state index >= 15 is 0 Å². The summed E-state index contributed by atoms with van der Waals surface area (Å²) in [6.07, 6.45) is -3.71. The van der Waals surface area contributed by atoms with E-state index in [0.29, 0.717) is 18.8 Å². The average Bonchev–Trinajstić information content (AvgIpc) is 2.67. The van der Waals surface area contributed by atoms with E-state index in [9.17, 15) is 26.4 Å². The summed E-state index contributed by atoms with van der Waals surface area (Å²) in [7, 11) is -3.63. The van der Waals surface area contributed by atoms with Crippen molar-refractivity contribution in [2.24, 2.45) is 11.8 Å². The number of benzene rings is 2. The fourth-order valence-corrected chi connectivity index (χ4v) is 5.59. The molecule has 2 aromatic carbocycles. The molecule has 1 heterocycles. The molecule has 9 heteroatoms. The molecule has 1 aliphatic rings. The number of alkyl halides is 3. The molecule has 1 amide bonds. The quantitative estimate of drug-likeness (QED) is 0.721. The number of carbonyl (C=O) groups excluding carboxylic acids is 1. The zero-order valence-electron chi connectivity index (χ0n) is 17.3. The molecule has 31 heavy (non-hydrogen) atoms. The molecule has 1 fully saturated rings. The van der Waals surface area contributed by atoms with E-state index in [1.807, 2.05) is 13.8 Å². The average molecular weight is 455 g/mol. The van der Waals surface area contributed by atoms with Crippen molar-refractivity contribution in [2.45, 2.75) is 37.8 Å². The number of nitrogens with one attached hydrogen (secondary N) is 1. The molecule has 0 unspecified atom stereocenters. The first-order valence-corrected chi connectivity index (χ1v) is 11.5. The van der Waals surface area contributed by atoms with Gasteiger partial charge in [-0.05, 0) is 54.2 Å². The van der Waals surface area contributed by atoms with Crippen molar-refractivity contribution in [1.29, 1.82) is 0 Å². The summed E-state index contributed by atoms with van der Waals surface area (Å²) in [6, 6.07) is 10.4. The molecule has 2 aromatic rings. The monoisotopic (exact) mass is 454 g/mol. The van der Waals surface area contributed by atoms with Gasteiger partial charge in [0.05, 0.1) is 16.9 Å². The molecule has 5 nitrogen and oxygen atoms in total. The Hall–Kier alpha value is -2.39. The zero-order valence-corrected chi connectivity index (χ0v) is 18.1. The topological polar surface area (TPSA) is 66.5 Å². The molecule has 2 atom stereocenters. The predicted octanol–water partition coefficient (Wildman–Crippen LogP) is 4.55. The maximum absolute atomic E-state index is 12.9. The number of sulfonamides is 1. The van der Waals surface area contributed by atoms with Crippen LogP contribution >= 0.6 is 0 Å². The van der Waals surface area contributed by atoms with Gasteiger partial charge >= 0.3 is 6.18 Å². The molecule has 1 aliphatic heterocycles. The molecule has 3 rings (SSSR count). The number of piperidine rings is 1. The van der Waals surface area contributed by atoms with Crippen LogP contribution in [0.3, 0.4) is 0 Å². The summed E-state index contributed by atoms with van der Waals surface area (Å²) in [5.74, 6) is 0.0782. The van der Waals surface area contributed by atoms with Crippen molar-refractivity contribution in [2.75, 3.05) is 18.4 Å². The Balaban J connectivity index is 1.66. The summed E-state index contributed by atoms with van der Waals surface area (Å²) in [5.41, 5.74) is -0.204. The molecule has 0 bridgehead atoms. The smallest absolute Gasteiger partial charge is 0.326 e. The van der Waals surface area contributed by atoms with E-state index in [-0.39, 0.29) is 28.7 Å². The second-order valence-electron chi connectivity index (χ2n) is 8.22. The first-order valence-electron chi connectivity index (χ1n) is 10.0. The van der Waals surface area contributed by atoms with Gasteiger partial charge in [-0.15, -0.1) is 0 Å². The summed E-state index contributed by atoms with van der Waals surface area (Å²) in [6.45, 7) is 5.01. The molecule has 168 valence electrons. The third-order valence-corrected chi connectivity index (χ3v) is 7.08. The minimum Gasteiger partial charge on any atom is -0.326 e. The van der Waals surface area contributed by atoms with E-state index in [1.54, 1.807) is 0 Å². The Morgan fingerprint density at radius 1 is 1.06 bits per heavy atom. The summed E-state index contributed by atoms with van der Waals surface area (Å²) >= 11 is 0. The lowest BCUT2D eigenvalue weighted by atomic mass is 9.94. The highest BCUT2D eigenvalue weighted by molar-refractivity contribution is 7.89. The van der Waals surface area contributed by atoms with Crippen LogP contribution in [-0.4, -0.2) is 31.7 Å². The standard InChI is InChI=1S/C22H25F3N2O3S/c1-15-10-16(2)14-27(13-15)31(29,30)20-8-6-19(7-9-20)26-21(28)12-17-4-3-5-18(11-17)22(23,24)25/h3-9,11,15-16H,10,12-14H2,1-2H3,(H,26,28)/t15-,16-/m0/s1. The van der Waals surface area contributed by atoms with Crippen molar-refractivity contribution < 1.29 is 26.4 Å². The fourth-order valence-electron chi connectivity index (χ4n) is 3.91. The molecule has 1 N–H and O–H groups in total. The van der Waals surface area contributed by atoms with Gasteiger partial charge in [0.15, 0.2) is 0 Å². The largest absolute Gasteiger partial charge is 0.416 e. The van der Waals surface area contributed by atoms with Crippen LogP contribution in [0.1, 0.15) is 31.4 Å². The molecular formula is C22H25F3N2O3S. The molecule has 0 saturated carbocycles. The second kappa shape index (κ2) is 9.00. The number of hydrogen-bond donors (Lipinski definition) is 1. The summed E-state index contributed by atoms with van der Waals surface area (Å²) in [4.78, 5) is 12.4. The summed E-state index contributed by atoms with van der Waals surface area (Å²) in [5, 5.41) is 2.59. The molecule has 0 aromatic heterocycles. The number of anilines is 1. The van der Waals surface area contributed by atoms with Crippen LogP contribution in [0.2, 0.25) is 0 Å². The van der Waals surface area contributed by atoms with Crippen LogP contribution in [0.25, 0.3) is 0 Å². The van der Waals surface area contributed by atoms with Gasteiger partial charge in [-0.1, -0.05) is 32.0 Å². The Morgan fingerprint density at radius 3 is 2.26 bits per heavy atom. The van der Waals surface area contributed by atoms with Gasteiger partial charge in [0, 0.05) is 18.8 Å². The normalized spacial score (nSPS) is 20.4. The Kier molecular flexibility index (Phi) is 6.76. The lowest BCUT2D eigenvalue weighted by Crippen LogP contribution is -2.42. The first kappa shape index (κ1) is 23.3. The fraction of sp³-hybridized carbons (Fsp3) is 0.409. The zero-order chi connectivity index (χ0) is 22.8. The van der Waals surface area contributed by atoms with E-state index in [1.165, 1.54) is 40.7 Å². The maximum Gasteiger partial charge on any atom is 0.416 e. The molecule has 0 aliphatic carbocycles. The maximum atomic E-state index is 12.9. The Morgan fingerprint density at radius 2 is 1.68 bits per heavy atom. The van der Waals surface area contributed by atoms with E-state index in [0.717, 1.165) is 18.6 Å². The van der Waals surface area contributed by atoms with Crippen LogP contribution in [0.4, 0.5) is 18.9 Å². The predicted molar refractivity (Wildman–Crippen MR) is 112 cm³/mol. The molecule has 0 spiro atoms. The van der Waals surface area contributed by atoms with Crippen molar-refractivity contribution in [3.8, 4) is 0 Å². The highest BCUT2D eigenvalue weighted by Crippen LogP contribution is 2.30. The van der Waals surface area contributed by atoms with Crippen molar-refractivity contribution in [3.05, 3.63) is 59.7 Å². The highest BCUT2D eigenvalue weighted by Gasteiger charge is 2.32. The van der Waals surface area contributed by atoms with Crippen LogP contribution in [-0.2, 0) is 27.4 Å². The number of amides is 1. The van der Waals surface area contributed by atoms with Crippen LogP contribution in [0.15, 0.2) is 53.4 Å². The van der Waals surface area contributed by atoms with Crippen LogP contribution < -0.4 is 5.32 Å². The third-order valence-electron chi connectivity index (χ3n) is 5.23. The van der Waals surface area contributed by atoms with Gasteiger partial charge < -0.3 is 5.32 Å². The Bertz CT molecular complexity index is 1030. The summed E-state index contributed by atoms with van der Waals surface area (Å²) < 4.78 is 65.7. The van der Waals surface area contributed by atoms with Crippen molar-refractivity contribution >= 4 is 21.6 Å². The number of hydrogen-bond acceptors (Lipinski definition) is 3. The van der Waals surface area contributed by atoms with Gasteiger partial charge in [0.2, 0.25) is 15.9 Å². The van der Waals surface area contributed by atoms with Gasteiger partial charge in [-0.2, -0.15) is 17.5 Å². The van der Waals surface area contributed by atoms with Crippen molar-refractivity contribution in [3.63, 3.8) is 0 Å². The van der Waals surface area contributed by atoms with E-state index < -0.39 is 27.7 Å². The highest BCUT2D eigenvalue weighted by atomic mass is 32.2. The van der Waals surface area contributed by atoms with Gasteiger partial charge in [0.1, 0.15) is 0 Å². The van der Waals surface area contributed by atoms with Crippen molar-refractivity contribution in [1.82, 2.24) is 4.31 Å². The van der Waals surface area contributed by atoms with E-state index in [4.69, 9.17) is 0 Å². The SMILES string of the molecule is C[C@H]1C[C@H](C)CN(S(=O)(=O)c2ccc(NC(=O)Cc3cccc(C(F)(F)F)c3)cc2)C1. The second-order valence-corrected chi connectivity index (χ2v) is 10.2. The third kappa shape index (κ3) is 5.86. The molecule has 0 radical (unpaired) electrons. The van der Waals surface area contributed by atoms with Crippen LogP contribution in [0, 0.1) is 11.8 Å². The lowest BCUT2D eigenvalue weighted by molar-refractivity contribution is -0.137. The van der Waals surface area contributed by atoms with Gasteiger partial charge in [0.25, 0.3) is 0 Å². The van der Waals surface area contributed by atoms with Gasteiger partial charge in [-0.3, -0.25) is 4.79 Å². The first-order chi connectivity index (χ1) is 14.4. The number of nitrogens with zero attached hydrogens (tertiary/aromatic N) is 1.